The van der Waals surface area contributed by atoms with Gasteiger partial charge >= 0.3 is 5.97 Å². The number of rotatable bonds is 5. The summed E-state index contributed by atoms with van der Waals surface area (Å²) in [7, 11) is 0. The van der Waals surface area contributed by atoms with Gasteiger partial charge in [-0.2, -0.15) is 0 Å². The van der Waals surface area contributed by atoms with Gasteiger partial charge in [0.25, 0.3) is 0 Å². The third kappa shape index (κ3) is 3.34. The molecule has 1 rings (SSSR count). The first kappa shape index (κ1) is 14.7. The van der Waals surface area contributed by atoms with Gasteiger partial charge < -0.3 is 4.74 Å². The Morgan fingerprint density at radius 3 is 2.28 bits per heavy atom. The average Bonchev–Trinajstić information content (AvgIpc) is 2.36. The molecular weight excluding hydrogens is 224 g/mol. The minimum atomic E-state index is -0.384. The lowest BCUT2D eigenvalue weighted by atomic mass is 9.77. The molecule has 0 saturated carbocycles. The van der Waals surface area contributed by atoms with Crippen molar-refractivity contribution in [2.75, 3.05) is 0 Å². The third-order valence-corrected chi connectivity index (χ3v) is 3.97. The zero-order valence-electron chi connectivity index (χ0n) is 12.1. The smallest absolute Gasteiger partial charge is 0.312 e. The van der Waals surface area contributed by atoms with Crippen molar-refractivity contribution in [1.29, 1.82) is 0 Å². The van der Waals surface area contributed by atoms with Gasteiger partial charge in [-0.05, 0) is 31.7 Å². The normalized spacial score (nSPS) is 14.3. The Balaban J connectivity index is 2.63. The monoisotopic (exact) mass is 248 g/mol. The second kappa shape index (κ2) is 6.03. The van der Waals surface area contributed by atoms with E-state index in [9.17, 15) is 4.79 Å². The van der Waals surface area contributed by atoms with Crippen molar-refractivity contribution >= 4 is 5.97 Å². The van der Waals surface area contributed by atoms with Crippen LogP contribution in [0.3, 0.4) is 0 Å². The number of carbonyl (C=O) groups excluding carboxylic acids is 1. The van der Waals surface area contributed by atoms with Gasteiger partial charge in [0.1, 0.15) is 6.61 Å². The first-order chi connectivity index (χ1) is 8.40. The van der Waals surface area contributed by atoms with Crippen LogP contribution in [0.1, 0.15) is 45.2 Å². The second-order valence-corrected chi connectivity index (χ2v) is 5.49. The highest BCUT2D eigenvalue weighted by Crippen LogP contribution is 2.32. The molecule has 1 atom stereocenters. The molecule has 1 aromatic rings. The molecule has 0 aliphatic heterocycles. The van der Waals surface area contributed by atoms with Gasteiger partial charge in [0.2, 0.25) is 0 Å². The summed E-state index contributed by atoms with van der Waals surface area (Å²) in [5.74, 6) is 0.189. The van der Waals surface area contributed by atoms with Crippen molar-refractivity contribution in [2.45, 2.75) is 47.6 Å². The summed E-state index contributed by atoms with van der Waals surface area (Å²) >= 11 is 0. The fraction of sp³-hybridized carbons (Fsp3) is 0.562. The largest absolute Gasteiger partial charge is 0.460 e. The van der Waals surface area contributed by atoms with Crippen molar-refractivity contribution in [3.63, 3.8) is 0 Å². The summed E-state index contributed by atoms with van der Waals surface area (Å²) in [4.78, 5) is 12.2. The lowest BCUT2D eigenvalue weighted by Gasteiger charge is -2.29. The molecule has 0 heterocycles. The zero-order valence-corrected chi connectivity index (χ0v) is 12.1. The van der Waals surface area contributed by atoms with E-state index < -0.39 is 0 Å². The lowest BCUT2D eigenvalue weighted by Crippen LogP contribution is -2.34. The quantitative estimate of drug-likeness (QED) is 0.733. The molecule has 0 aliphatic rings. The van der Waals surface area contributed by atoms with E-state index in [1.54, 1.807) is 0 Å². The Morgan fingerprint density at radius 1 is 1.28 bits per heavy atom. The standard InChI is InChI=1S/C16H24O2/c1-6-16(5,12(2)3)15(17)18-11-14-9-7-13(4)8-10-14/h7-10,12H,6,11H2,1-5H3. The van der Waals surface area contributed by atoms with Crippen molar-refractivity contribution < 1.29 is 9.53 Å². The van der Waals surface area contributed by atoms with Crippen LogP contribution in [-0.2, 0) is 16.1 Å². The minimum absolute atomic E-state index is 0.0967. The lowest BCUT2D eigenvalue weighted by molar-refractivity contribution is -0.159. The Labute approximate surface area is 110 Å². The average molecular weight is 248 g/mol. The SMILES string of the molecule is CCC(C)(C(=O)OCc1ccc(C)cc1)C(C)C. The molecule has 0 aromatic heterocycles. The molecule has 18 heavy (non-hydrogen) atoms. The summed E-state index contributed by atoms with van der Waals surface area (Å²) < 4.78 is 5.45. The van der Waals surface area contributed by atoms with E-state index in [1.165, 1.54) is 5.56 Å². The van der Waals surface area contributed by atoms with E-state index in [0.717, 1.165) is 12.0 Å². The van der Waals surface area contributed by atoms with E-state index in [0.29, 0.717) is 6.61 Å². The van der Waals surface area contributed by atoms with Crippen molar-refractivity contribution in [3.8, 4) is 0 Å². The molecule has 0 N–H and O–H groups in total. The van der Waals surface area contributed by atoms with Gasteiger partial charge in [-0.1, -0.05) is 50.6 Å². The number of ether oxygens (including phenoxy) is 1. The van der Waals surface area contributed by atoms with Gasteiger partial charge in [0, 0.05) is 0 Å². The molecule has 0 radical (unpaired) electrons. The van der Waals surface area contributed by atoms with E-state index in [-0.39, 0.29) is 17.3 Å². The predicted molar refractivity (Wildman–Crippen MR) is 74.2 cm³/mol. The molecular formula is C16H24O2. The molecule has 0 fully saturated rings. The molecule has 0 aliphatic carbocycles. The number of carbonyl (C=O) groups is 1. The summed E-state index contributed by atoms with van der Waals surface area (Å²) in [6.45, 7) is 10.6. The van der Waals surface area contributed by atoms with Crippen molar-refractivity contribution in [1.82, 2.24) is 0 Å². The van der Waals surface area contributed by atoms with Crippen LogP contribution in [0.25, 0.3) is 0 Å². The van der Waals surface area contributed by atoms with Crippen LogP contribution < -0.4 is 0 Å². The molecule has 0 spiro atoms. The van der Waals surface area contributed by atoms with Gasteiger partial charge in [-0.15, -0.1) is 0 Å². The summed E-state index contributed by atoms with van der Waals surface area (Å²) in [5.41, 5.74) is 1.87. The Bertz CT molecular complexity index is 392. The Hall–Kier alpha value is -1.31. The van der Waals surface area contributed by atoms with Gasteiger partial charge in [0.05, 0.1) is 5.41 Å². The predicted octanol–water partition coefficient (Wildman–Crippen LogP) is 4.11. The maximum Gasteiger partial charge on any atom is 0.312 e. The van der Waals surface area contributed by atoms with Crippen molar-refractivity contribution in [2.24, 2.45) is 11.3 Å². The van der Waals surface area contributed by atoms with E-state index in [1.807, 2.05) is 45.0 Å². The molecule has 1 aromatic carbocycles. The van der Waals surface area contributed by atoms with Crippen LogP contribution in [0, 0.1) is 18.3 Å². The fourth-order valence-electron chi connectivity index (χ4n) is 1.79. The van der Waals surface area contributed by atoms with Crippen LogP contribution in [0.4, 0.5) is 0 Å². The molecule has 2 nitrogen and oxygen atoms in total. The summed E-state index contributed by atoms with van der Waals surface area (Å²) in [5, 5.41) is 0. The van der Waals surface area contributed by atoms with Crippen LogP contribution in [0.2, 0.25) is 0 Å². The maximum atomic E-state index is 12.2. The molecule has 1 unspecified atom stereocenters. The molecule has 2 heteroatoms. The van der Waals surface area contributed by atoms with E-state index >= 15 is 0 Å². The number of hydrogen-bond acceptors (Lipinski definition) is 2. The topological polar surface area (TPSA) is 26.3 Å². The number of benzene rings is 1. The van der Waals surface area contributed by atoms with Crippen molar-refractivity contribution in [3.05, 3.63) is 35.4 Å². The van der Waals surface area contributed by atoms with Crippen LogP contribution in [0.5, 0.6) is 0 Å². The minimum Gasteiger partial charge on any atom is -0.460 e. The van der Waals surface area contributed by atoms with Crippen LogP contribution >= 0.6 is 0 Å². The number of hydrogen-bond donors (Lipinski definition) is 0. The Kier molecular flexibility index (Phi) is 4.94. The number of esters is 1. The van der Waals surface area contributed by atoms with Gasteiger partial charge in [-0.3, -0.25) is 4.79 Å². The first-order valence-electron chi connectivity index (χ1n) is 6.63. The van der Waals surface area contributed by atoms with E-state index in [2.05, 4.69) is 13.8 Å². The highest BCUT2D eigenvalue weighted by atomic mass is 16.5. The second-order valence-electron chi connectivity index (χ2n) is 5.49. The highest BCUT2D eigenvalue weighted by molar-refractivity contribution is 5.76. The Morgan fingerprint density at radius 2 is 1.83 bits per heavy atom. The summed E-state index contributed by atoms with van der Waals surface area (Å²) in [6.07, 6.45) is 0.803. The van der Waals surface area contributed by atoms with Gasteiger partial charge in [-0.25, -0.2) is 0 Å². The maximum absolute atomic E-state index is 12.2. The van der Waals surface area contributed by atoms with Crippen LogP contribution in [-0.4, -0.2) is 5.97 Å². The molecule has 0 bridgehead atoms. The van der Waals surface area contributed by atoms with E-state index in [4.69, 9.17) is 4.74 Å². The fourth-order valence-corrected chi connectivity index (χ4v) is 1.79. The third-order valence-electron chi connectivity index (χ3n) is 3.97. The summed E-state index contributed by atoms with van der Waals surface area (Å²) in [6, 6.07) is 8.07. The van der Waals surface area contributed by atoms with Crippen LogP contribution in [0.15, 0.2) is 24.3 Å². The molecule has 100 valence electrons. The highest BCUT2D eigenvalue weighted by Gasteiger charge is 2.36. The molecule has 0 saturated heterocycles. The first-order valence-corrected chi connectivity index (χ1v) is 6.63. The zero-order chi connectivity index (χ0) is 13.8. The molecule has 0 amide bonds. The van der Waals surface area contributed by atoms with Gasteiger partial charge in [0.15, 0.2) is 0 Å². The number of aryl methyl sites for hydroxylation is 1.